The van der Waals surface area contributed by atoms with Gasteiger partial charge in [-0.05, 0) is 37.1 Å². The minimum absolute atomic E-state index is 0.00703. The summed E-state index contributed by atoms with van der Waals surface area (Å²) >= 11 is 0. The van der Waals surface area contributed by atoms with Gasteiger partial charge in [0.1, 0.15) is 0 Å². The second-order valence-electron chi connectivity index (χ2n) is 5.27. The molecule has 1 heterocycles. The molecule has 1 aliphatic heterocycles. The first-order chi connectivity index (χ1) is 10.3. The lowest BCUT2D eigenvalue weighted by Gasteiger charge is -2.25. The Morgan fingerprint density at radius 1 is 1.36 bits per heavy atom. The van der Waals surface area contributed by atoms with Gasteiger partial charge in [0.25, 0.3) is 0 Å². The van der Waals surface area contributed by atoms with Crippen LogP contribution in [-0.2, 0) is 21.4 Å². The van der Waals surface area contributed by atoms with Crippen LogP contribution in [0.3, 0.4) is 0 Å². The summed E-state index contributed by atoms with van der Waals surface area (Å²) in [5.74, 6) is -1.16. The van der Waals surface area contributed by atoms with Crippen molar-refractivity contribution in [3.05, 3.63) is 41.0 Å². The predicted octanol–water partition coefficient (Wildman–Crippen LogP) is 1.87. The number of sulfonamides is 1. The molecule has 1 aliphatic rings. The van der Waals surface area contributed by atoms with E-state index < -0.39 is 16.0 Å². The maximum Gasteiger partial charge on any atom is 0.335 e. The van der Waals surface area contributed by atoms with Crippen LogP contribution in [-0.4, -0.2) is 44.0 Å². The molecule has 0 atom stereocenters. The molecule has 1 aromatic rings. The van der Waals surface area contributed by atoms with E-state index in [-0.39, 0.29) is 17.1 Å². The van der Waals surface area contributed by atoms with Crippen LogP contribution in [0.1, 0.15) is 29.3 Å². The molecule has 0 saturated carbocycles. The van der Waals surface area contributed by atoms with Crippen LogP contribution in [0.15, 0.2) is 34.7 Å². The van der Waals surface area contributed by atoms with E-state index in [1.807, 2.05) is 13.0 Å². The predicted molar refractivity (Wildman–Crippen MR) is 81.2 cm³/mol. The molecular weight excluding hydrogens is 306 g/mol. The van der Waals surface area contributed by atoms with Crippen LogP contribution in [0.2, 0.25) is 0 Å². The van der Waals surface area contributed by atoms with Gasteiger partial charge in [-0.25, -0.2) is 13.2 Å². The number of carboxylic acid groups (broad SMARTS) is 1. The molecule has 0 aromatic heterocycles. The zero-order valence-corrected chi connectivity index (χ0v) is 13.4. The number of hydrogen-bond donors (Lipinski definition) is 1. The van der Waals surface area contributed by atoms with Crippen LogP contribution in [0, 0.1) is 0 Å². The summed E-state index contributed by atoms with van der Waals surface area (Å²) < 4.78 is 31.7. The average molecular weight is 325 g/mol. The topological polar surface area (TPSA) is 83.9 Å². The molecule has 6 nitrogen and oxygen atoms in total. The van der Waals surface area contributed by atoms with Gasteiger partial charge >= 0.3 is 5.97 Å². The van der Waals surface area contributed by atoms with Gasteiger partial charge in [-0.1, -0.05) is 11.6 Å². The summed E-state index contributed by atoms with van der Waals surface area (Å²) in [6, 6.07) is 4.09. The highest BCUT2D eigenvalue weighted by molar-refractivity contribution is 7.89. The van der Waals surface area contributed by atoms with E-state index in [0.29, 0.717) is 25.1 Å². The molecule has 0 aliphatic carbocycles. The first kappa shape index (κ1) is 16.7. The Balaban J connectivity index is 2.43. The van der Waals surface area contributed by atoms with Crippen LogP contribution in [0.25, 0.3) is 0 Å². The zero-order chi connectivity index (χ0) is 16.3. The van der Waals surface area contributed by atoms with Crippen molar-refractivity contribution in [3.8, 4) is 0 Å². The fourth-order valence-electron chi connectivity index (χ4n) is 2.30. The Kier molecular flexibility index (Phi) is 5.00. The van der Waals surface area contributed by atoms with Crippen LogP contribution in [0.4, 0.5) is 0 Å². The number of methoxy groups -OCH3 is 1. The van der Waals surface area contributed by atoms with E-state index in [0.717, 1.165) is 5.57 Å². The lowest BCUT2D eigenvalue weighted by atomic mass is 10.1. The van der Waals surface area contributed by atoms with Gasteiger partial charge < -0.3 is 9.84 Å². The zero-order valence-electron chi connectivity index (χ0n) is 12.6. The Labute approximate surface area is 130 Å². The highest BCUT2D eigenvalue weighted by Gasteiger charge is 2.26. The first-order valence-corrected chi connectivity index (χ1v) is 8.30. The van der Waals surface area contributed by atoms with Crippen molar-refractivity contribution in [3.63, 3.8) is 0 Å². The minimum Gasteiger partial charge on any atom is -0.478 e. The van der Waals surface area contributed by atoms with E-state index in [2.05, 4.69) is 0 Å². The third kappa shape index (κ3) is 3.55. The van der Waals surface area contributed by atoms with E-state index in [9.17, 15) is 13.2 Å². The Hall–Kier alpha value is -1.70. The summed E-state index contributed by atoms with van der Waals surface area (Å²) in [6.07, 6.45) is 2.56. The SMILES string of the molecule is COCc1cc(C(=O)O)cc(S(=O)(=O)N2CC=C(C)CC2)c1. The summed E-state index contributed by atoms with van der Waals surface area (Å²) in [5, 5.41) is 9.15. The number of aromatic carboxylic acids is 1. The number of nitrogens with zero attached hydrogens (tertiary/aromatic N) is 1. The van der Waals surface area contributed by atoms with Crippen molar-refractivity contribution in [1.82, 2.24) is 4.31 Å². The second-order valence-corrected chi connectivity index (χ2v) is 7.21. The molecule has 7 heteroatoms. The molecule has 1 N–H and O–H groups in total. The van der Waals surface area contributed by atoms with E-state index >= 15 is 0 Å². The fraction of sp³-hybridized carbons (Fsp3) is 0.400. The highest BCUT2D eigenvalue weighted by Crippen LogP contribution is 2.23. The third-order valence-corrected chi connectivity index (χ3v) is 5.40. The Morgan fingerprint density at radius 3 is 2.64 bits per heavy atom. The Morgan fingerprint density at radius 2 is 2.09 bits per heavy atom. The maximum absolute atomic E-state index is 12.7. The van der Waals surface area contributed by atoms with Crippen molar-refractivity contribution in [1.29, 1.82) is 0 Å². The van der Waals surface area contributed by atoms with Crippen LogP contribution in [0.5, 0.6) is 0 Å². The molecule has 0 amide bonds. The van der Waals surface area contributed by atoms with Gasteiger partial charge in [0.15, 0.2) is 0 Å². The molecule has 0 saturated heterocycles. The molecular formula is C15H19NO5S. The van der Waals surface area contributed by atoms with Crippen molar-refractivity contribution in [2.24, 2.45) is 0 Å². The largest absolute Gasteiger partial charge is 0.478 e. The summed E-state index contributed by atoms with van der Waals surface area (Å²) in [7, 11) is -2.24. The summed E-state index contributed by atoms with van der Waals surface area (Å²) in [4.78, 5) is 11.2. The fourth-order valence-corrected chi connectivity index (χ4v) is 3.78. The van der Waals surface area contributed by atoms with Crippen molar-refractivity contribution < 1.29 is 23.1 Å². The van der Waals surface area contributed by atoms with E-state index in [1.54, 1.807) is 0 Å². The molecule has 120 valence electrons. The lowest BCUT2D eigenvalue weighted by molar-refractivity contribution is 0.0696. The third-order valence-electron chi connectivity index (χ3n) is 3.56. The average Bonchev–Trinajstić information content (AvgIpc) is 2.47. The summed E-state index contributed by atoms with van der Waals surface area (Å²) in [6.45, 7) is 2.83. The van der Waals surface area contributed by atoms with Crippen molar-refractivity contribution in [2.75, 3.05) is 20.2 Å². The van der Waals surface area contributed by atoms with Crippen molar-refractivity contribution in [2.45, 2.75) is 24.8 Å². The maximum atomic E-state index is 12.7. The first-order valence-electron chi connectivity index (χ1n) is 6.86. The number of benzene rings is 1. The lowest BCUT2D eigenvalue weighted by Crippen LogP contribution is -2.34. The van der Waals surface area contributed by atoms with Gasteiger partial charge in [0.2, 0.25) is 10.0 Å². The smallest absolute Gasteiger partial charge is 0.335 e. The molecule has 1 aromatic carbocycles. The molecule has 0 unspecified atom stereocenters. The van der Waals surface area contributed by atoms with Gasteiger partial charge in [0, 0.05) is 20.2 Å². The molecule has 0 spiro atoms. The number of carboxylic acids is 1. The standard InChI is InChI=1S/C15H19NO5S/c1-11-3-5-16(6-4-11)22(19,20)14-8-12(10-21-2)7-13(9-14)15(17)18/h3,7-9H,4-6,10H2,1-2H3,(H,17,18). The van der Waals surface area contributed by atoms with Crippen molar-refractivity contribution >= 4 is 16.0 Å². The van der Waals surface area contributed by atoms with Gasteiger partial charge in [-0.2, -0.15) is 4.31 Å². The highest BCUT2D eigenvalue weighted by atomic mass is 32.2. The van der Waals surface area contributed by atoms with E-state index in [4.69, 9.17) is 9.84 Å². The molecule has 0 bridgehead atoms. The normalized spacial score (nSPS) is 16.4. The molecule has 22 heavy (non-hydrogen) atoms. The number of rotatable bonds is 5. The van der Waals surface area contributed by atoms with Gasteiger partial charge in [0.05, 0.1) is 17.1 Å². The number of carbonyl (C=O) groups is 1. The summed E-state index contributed by atoms with van der Waals surface area (Å²) in [5.41, 5.74) is 1.62. The second kappa shape index (κ2) is 6.60. The molecule has 2 rings (SSSR count). The number of ether oxygens (including phenoxy) is 1. The Bertz CT molecular complexity index is 709. The van der Waals surface area contributed by atoms with Gasteiger partial charge in [-0.3, -0.25) is 0 Å². The molecule has 0 radical (unpaired) electrons. The number of hydrogen-bond acceptors (Lipinski definition) is 4. The molecule has 0 fully saturated rings. The minimum atomic E-state index is -3.71. The van der Waals surface area contributed by atoms with E-state index in [1.165, 1.54) is 29.6 Å². The quantitative estimate of drug-likeness (QED) is 0.836. The van der Waals surface area contributed by atoms with Crippen LogP contribution >= 0.6 is 0 Å². The monoisotopic (exact) mass is 325 g/mol. The van der Waals surface area contributed by atoms with Crippen LogP contribution < -0.4 is 0 Å². The van der Waals surface area contributed by atoms with Gasteiger partial charge in [-0.15, -0.1) is 0 Å².